The standard InChI is InChI=1S/C13H15BrClN3O/c1-2-18-13(11(14)7-17-18)12(16)8-19-10-5-3-9(15)4-6-10/h3-7,12H,2,8,16H2,1H3. The molecular formula is C13H15BrClN3O. The van der Waals surface area contributed by atoms with Crippen LogP contribution < -0.4 is 10.5 Å². The van der Waals surface area contributed by atoms with Gasteiger partial charge in [-0.3, -0.25) is 4.68 Å². The smallest absolute Gasteiger partial charge is 0.119 e. The van der Waals surface area contributed by atoms with Crippen LogP contribution in [0.2, 0.25) is 5.02 Å². The fraction of sp³-hybridized carbons (Fsp3) is 0.308. The van der Waals surface area contributed by atoms with Crippen LogP contribution in [0.1, 0.15) is 18.7 Å². The predicted molar refractivity (Wildman–Crippen MR) is 79.5 cm³/mol. The van der Waals surface area contributed by atoms with E-state index < -0.39 is 0 Å². The molecule has 0 fully saturated rings. The normalized spacial score (nSPS) is 12.4. The number of rotatable bonds is 5. The second-order valence-electron chi connectivity index (χ2n) is 4.06. The number of hydrogen-bond acceptors (Lipinski definition) is 3. The molecule has 4 nitrogen and oxygen atoms in total. The van der Waals surface area contributed by atoms with Gasteiger partial charge in [0.1, 0.15) is 12.4 Å². The first-order chi connectivity index (χ1) is 9.11. The third-order valence-corrected chi connectivity index (χ3v) is 3.59. The third-order valence-electron chi connectivity index (χ3n) is 2.73. The molecule has 1 unspecified atom stereocenters. The summed E-state index contributed by atoms with van der Waals surface area (Å²) in [4.78, 5) is 0. The number of benzene rings is 1. The van der Waals surface area contributed by atoms with Crippen molar-refractivity contribution in [3.05, 3.63) is 45.7 Å². The maximum Gasteiger partial charge on any atom is 0.119 e. The summed E-state index contributed by atoms with van der Waals surface area (Å²) < 4.78 is 8.42. The zero-order valence-corrected chi connectivity index (χ0v) is 12.9. The van der Waals surface area contributed by atoms with E-state index >= 15 is 0 Å². The molecule has 19 heavy (non-hydrogen) atoms. The summed E-state index contributed by atoms with van der Waals surface area (Å²) in [5.41, 5.74) is 7.09. The van der Waals surface area contributed by atoms with Gasteiger partial charge in [-0.1, -0.05) is 11.6 Å². The lowest BCUT2D eigenvalue weighted by Crippen LogP contribution is -2.23. The molecule has 102 valence electrons. The van der Waals surface area contributed by atoms with Crippen LogP contribution in [0.4, 0.5) is 0 Å². The lowest BCUT2D eigenvalue weighted by molar-refractivity contribution is 0.284. The Morgan fingerprint density at radius 3 is 2.74 bits per heavy atom. The van der Waals surface area contributed by atoms with Crippen LogP contribution >= 0.6 is 27.5 Å². The minimum absolute atomic E-state index is 0.243. The highest BCUT2D eigenvalue weighted by atomic mass is 79.9. The Balaban J connectivity index is 2.03. The predicted octanol–water partition coefficient (Wildman–Crippen LogP) is 3.40. The molecule has 0 amide bonds. The molecule has 1 aromatic carbocycles. The van der Waals surface area contributed by atoms with Crippen LogP contribution in [0.15, 0.2) is 34.9 Å². The van der Waals surface area contributed by atoms with Gasteiger partial charge in [-0.25, -0.2) is 0 Å². The van der Waals surface area contributed by atoms with E-state index in [9.17, 15) is 0 Å². The molecule has 0 aliphatic heterocycles. The summed E-state index contributed by atoms with van der Waals surface area (Å²) in [7, 11) is 0. The maximum absolute atomic E-state index is 6.15. The number of nitrogens with two attached hydrogens (primary N) is 1. The van der Waals surface area contributed by atoms with Crippen LogP contribution in [0.5, 0.6) is 5.75 Å². The molecule has 1 heterocycles. The lowest BCUT2D eigenvalue weighted by Gasteiger charge is -2.15. The van der Waals surface area contributed by atoms with Gasteiger partial charge >= 0.3 is 0 Å². The molecule has 0 spiro atoms. The van der Waals surface area contributed by atoms with Gasteiger partial charge in [0, 0.05) is 11.6 Å². The van der Waals surface area contributed by atoms with Crippen molar-refractivity contribution in [3.63, 3.8) is 0 Å². The molecule has 2 N–H and O–H groups in total. The molecule has 0 saturated heterocycles. The van der Waals surface area contributed by atoms with Gasteiger partial charge < -0.3 is 10.5 Å². The highest BCUT2D eigenvalue weighted by Crippen LogP contribution is 2.23. The zero-order valence-electron chi connectivity index (χ0n) is 10.5. The Bertz CT molecular complexity index is 541. The van der Waals surface area contributed by atoms with E-state index in [1.807, 2.05) is 23.7 Å². The topological polar surface area (TPSA) is 53.1 Å². The Morgan fingerprint density at radius 1 is 1.42 bits per heavy atom. The van der Waals surface area contributed by atoms with Gasteiger partial charge in [-0.05, 0) is 47.1 Å². The number of nitrogens with zero attached hydrogens (tertiary/aromatic N) is 2. The van der Waals surface area contributed by atoms with Gasteiger partial charge in [0.2, 0.25) is 0 Å². The van der Waals surface area contributed by atoms with E-state index in [0.29, 0.717) is 11.6 Å². The summed E-state index contributed by atoms with van der Waals surface area (Å²) >= 11 is 9.28. The van der Waals surface area contributed by atoms with E-state index in [0.717, 1.165) is 22.5 Å². The average Bonchev–Trinajstić information content (AvgIpc) is 2.79. The molecule has 6 heteroatoms. The molecule has 2 aromatic rings. The highest BCUT2D eigenvalue weighted by molar-refractivity contribution is 9.10. The van der Waals surface area contributed by atoms with Crippen molar-refractivity contribution >= 4 is 27.5 Å². The lowest BCUT2D eigenvalue weighted by atomic mass is 10.2. The van der Waals surface area contributed by atoms with E-state index in [4.69, 9.17) is 22.1 Å². The maximum atomic E-state index is 6.15. The Kier molecular flexibility index (Phi) is 4.85. The molecule has 0 bridgehead atoms. The van der Waals surface area contributed by atoms with Crippen molar-refractivity contribution in [2.75, 3.05) is 6.61 Å². The van der Waals surface area contributed by atoms with Gasteiger partial charge in [0.15, 0.2) is 0 Å². The first kappa shape index (κ1) is 14.4. The van der Waals surface area contributed by atoms with Crippen molar-refractivity contribution in [2.45, 2.75) is 19.5 Å². The van der Waals surface area contributed by atoms with Crippen LogP contribution in [-0.2, 0) is 6.54 Å². The Morgan fingerprint density at radius 2 is 2.11 bits per heavy atom. The number of ether oxygens (including phenoxy) is 1. The Labute approximate surface area is 125 Å². The van der Waals surface area contributed by atoms with Crippen LogP contribution in [-0.4, -0.2) is 16.4 Å². The largest absolute Gasteiger partial charge is 0.492 e. The van der Waals surface area contributed by atoms with Gasteiger partial charge in [-0.15, -0.1) is 0 Å². The molecule has 2 rings (SSSR count). The van der Waals surface area contributed by atoms with Crippen molar-refractivity contribution in [1.29, 1.82) is 0 Å². The van der Waals surface area contributed by atoms with E-state index in [1.165, 1.54) is 0 Å². The fourth-order valence-electron chi connectivity index (χ4n) is 1.79. The summed E-state index contributed by atoms with van der Waals surface area (Å²) in [5, 5.41) is 4.92. The number of halogens is 2. The molecule has 0 aliphatic carbocycles. The second-order valence-corrected chi connectivity index (χ2v) is 5.36. The molecule has 0 aliphatic rings. The van der Waals surface area contributed by atoms with Crippen LogP contribution in [0.25, 0.3) is 0 Å². The summed E-state index contributed by atoms with van der Waals surface area (Å²) in [5.74, 6) is 0.749. The third kappa shape index (κ3) is 3.49. The fourth-order valence-corrected chi connectivity index (χ4v) is 2.50. The minimum atomic E-state index is -0.243. The van der Waals surface area contributed by atoms with Crippen molar-refractivity contribution < 1.29 is 4.74 Å². The molecule has 1 aromatic heterocycles. The van der Waals surface area contributed by atoms with Crippen LogP contribution in [0.3, 0.4) is 0 Å². The molecule has 0 radical (unpaired) electrons. The summed E-state index contributed by atoms with van der Waals surface area (Å²) in [6.07, 6.45) is 1.75. The molecule has 1 atom stereocenters. The van der Waals surface area contributed by atoms with E-state index in [-0.39, 0.29) is 6.04 Å². The zero-order chi connectivity index (χ0) is 13.8. The minimum Gasteiger partial charge on any atom is -0.492 e. The summed E-state index contributed by atoms with van der Waals surface area (Å²) in [6.45, 7) is 3.18. The van der Waals surface area contributed by atoms with E-state index in [1.54, 1.807) is 18.3 Å². The monoisotopic (exact) mass is 343 g/mol. The van der Waals surface area contributed by atoms with Gasteiger partial charge in [-0.2, -0.15) is 5.10 Å². The van der Waals surface area contributed by atoms with E-state index in [2.05, 4.69) is 21.0 Å². The quantitative estimate of drug-likeness (QED) is 0.904. The second kappa shape index (κ2) is 6.41. The summed E-state index contributed by atoms with van der Waals surface area (Å²) in [6, 6.07) is 6.97. The van der Waals surface area contributed by atoms with Gasteiger partial charge in [0.05, 0.1) is 22.4 Å². The highest BCUT2D eigenvalue weighted by Gasteiger charge is 2.16. The number of aromatic nitrogens is 2. The average molecular weight is 345 g/mol. The SMILES string of the molecule is CCn1ncc(Br)c1C(N)COc1ccc(Cl)cc1. The number of hydrogen-bond donors (Lipinski definition) is 1. The van der Waals surface area contributed by atoms with Crippen molar-refractivity contribution in [2.24, 2.45) is 5.73 Å². The first-order valence-corrected chi connectivity index (χ1v) is 7.14. The number of aryl methyl sites for hydroxylation is 1. The first-order valence-electron chi connectivity index (χ1n) is 5.97. The Hall–Kier alpha value is -1.04. The molecular weight excluding hydrogens is 330 g/mol. The van der Waals surface area contributed by atoms with Crippen molar-refractivity contribution in [1.82, 2.24) is 9.78 Å². The van der Waals surface area contributed by atoms with Crippen LogP contribution in [0, 0.1) is 0 Å². The molecule has 0 saturated carbocycles. The van der Waals surface area contributed by atoms with Crippen molar-refractivity contribution in [3.8, 4) is 5.75 Å². The van der Waals surface area contributed by atoms with Gasteiger partial charge in [0.25, 0.3) is 0 Å².